The zero-order valence-corrected chi connectivity index (χ0v) is 12.6. The van der Waals surface area contributed by atoms with Crippen LogP contribution in [0.15, 0.2) is 44.7 Å². The Hall–Kier alpha value is -0.760. The number of thiophene rings is 1. The molecule has 0 unspecified atom stereocenters. The second-order valence-electron chi connectivity index (χ2n) is 3.57. The molecular weight excluding hydrogens is 336 g/mol. The molecule has 0 aliphatic rings. The molecule has 0 fully saturated rings. The first-order valence-electron chi connectivity index (χ1n) is 5.21. The smallest absolute Gasteiger partial charge is 0.251 e. The van der Waals surface area contributed by atoms with E-state index in [-0.39, 0.29) is 0 Å². The fourth-order valence-electron chi connectivity index (χ4n) is 1.41. The van der Waals surface area contributed by atoms with Crippen LogP contribution in [0, 0.1) is 0 Å². The van der Waals surface area contributed by atoms with E-state index in [0.717, 1.165) is 5.56 Å². The number of pyridine rings is 1. The van der Waals surface area contributed by atoms with Gasteiger partial charge < -0.3 is 0 Å². The van der Waals surface area contributed by atoms with Crippen molar-refractivity contribution in [1.29, 1.82) is 0 Å². The third-order valence-electron chi connectivity index (χ3n) is 2.26. The summed E-state index contributed by atoms with van der Waals surface area (Å²) in [4.78, 5) is 3.98. The first-order chi connectivity index (χ1) is 8.59. The van der Waals surface area contributed by atoms with Crippen LogP contribution in [0.4, 0.5) is 0 Å². The lowest BCUT2D eigenvalue weighted by molar-refractivity contribution is 0.583. The SMILES string of the molecule is O=S(=O)(NCCc1cccnc1)c1sccc1Br. The largest absolute Gasteiger partial charge is 0.264 e. The molecule has 2 heterocycles. The summed E-state index contributed by atoms with van der Waals surface area (Å²) in [6.45, 7) is 0.359. The van der Waals surface area contributed by atoms with Gasteiger partial charge in [-0.05, 0) is 45.4 Å². The lowest BCUT2D eigenvalue weighted by Gasteiger charge is -2.05. The van der Waals surface area contributed by atoms with Crippen molar-refractivity contribution in [3.05, 3.63) is 46.0 Å². The summed E-state index contributed by atoms with van der Waals surface area (Å²) >= 11 is 4.41. The number of nitrogens with zero attached hydrogens (tertiary/aromatic N) is 1. The van der Waals surface area contributed by atoms with Gasteiger partial charge in [-0.3, -0.25) is 4.98 Å². The Morgan fingerprint density at radius 3 is 2.83 bits per heavy atom. The van der Waals surface area contributed by atoms with Gasteiger partial charge >= 0.3 is 0 Å². The first-order valence-corrected chi connectivity index (χ1v) is 8.37. The van der Waals surface area contributed by atoms with Crippen molar-refractivity contribution in [2.75, 3.05) is 6.54 Å². The number of hydrogen-bond acceptors (Lipinski definition) is 4. The van der Waals surface area contributed by atoms with Gasteiger partial charge in [0.2, 0.25) is 0 Å². The number of nitrogens with one attached hydrogen (secondary N) is 1. The summed E-state index contributed by atoms with van der Waals surface area (Å²) in [5, 5.41) is 1.74. The fourth-order valence-corrected chi connectivity index (χ4v) is 4.82. The van der Waals surface area contributed by atoms with Crippen LogP contribution >= 0.6 is 27.3 Å². The van der Waals surface area contributed by atoms with Gasteiger partial charge in [0, 0.05) is 23.4 Å². The highest BCUT2D eigenvalue weighted by atomic mass is 79.9. The third-order valence-corrected chi connectivity index (χ3v) is 6.39. The molecule has 2 aromatic heterocycles. The van der Waals surface area contributed by atoms with E-state index in [0.29, 0.717) is 21.6 Å². The molecule has 0 radical (unpaired) electrons. The minimum atomic E-state index is -3.42. The van der Waals surface area contributed by atoms with Gasteiger partial charge in [-0.15, -0.1) is 11.3 Å². The molecule has 2 aromatic rings. The van der Waals surface area contributed by atoms with E-state index in [1.807, 2.05) is 12.1 Å². The highest BCUT2D eigenvalue weighted by molar-refractivity contribution is 9.10. The van der Waals surface area contributed by atoms with Crippen LogP contribution in [0.1, 0.15) is 5.56 Å². The van der Waals surface area contributed by atoms with Gasteiger partial charge in [0.1, 0.15) is 4.21 Å². The molecule has 0 bridgehead atoms. The predicted molar refractivity (Wildman–Crippen MR) is 75.1 cm³/mol. The highest BCUT2D eigenvalue weighted by Crippen LogP contribution is 2.27. The average Bonchev–Trinajstić information content (AvgIpc) is 2.77. The summed E-state index contributed by atoms with van der Waals surface area (Å²) in [7, 11) is -3.42. The van der Waals surface area contributed by atoms with Crippen LogP contribution < -0.4 is 4.72 Å². The Balaban J connectivity index is 1.97. The van der Waals surface area contributed by atoms with Crippen molar-refractivity contribution in [2.45, 2.75) is 10.6 Å². The Morgan fingerprint density at radius 2 is 2.22 bits per heavy atom. The fraction of sp³-hybridized carbons (Fsp3) is 0.182. The second-order valence-corrected chi connectivity index (χ2v) is 7.30. The van der Waals surface area contributed by atoms with Gasteiger partial charge in [0.25, 0.3) is 10.0 Å². The molecule has 96 valence electrons. The molecule has 0 amide bonds. The maximum atomic E-state index is 12.0. The molecule has 7 heteroatoms. The average molecular weight is 347 g/mol. The maximum Gasteiger partial charge on any atom is 0.251 e. The number of sulfonamides is 1. The molecule has 4 nitrogen and oxygen atoms in total. The lowest BCUT2D eigenvalue weighted by Crippen LogP contribution is -2.25. The van der Waals surface area contributed by atoms with Gasteiger partial charge in [-0.25, -0.2) is 13.1 Å². The summed E-state index contributed by atoms with van der Waals surface area (Å²) in [6, 6.07) is 5.47. The van der Waals surface area contributed by atoms with E-state index in [4.69, 9.17) is 0 Å². The molecular formula is C11H11BrN2O2S2. The van der Waals surface area contributed by atoms with E-state index >= 15 is 0 Å². The van der Waals surface area contributed by atoms with Crippen molar-refractivity contribution in [2.24, 2.45) is 0 Å². The van der Waals surface area contributed by atoms with Crippen molar-refractivity contribution in [3.8, 4) is 0 Å². The lowest BCUT2D eigenvalue weighted by atomic mass is 10.2. The first kappa shape index (κ1) is 13.7. The Labute approximate surface area is 118 Å². The number of halogens is 1. The van der Waals surface area contributed by atoms with Crippen LogP contribution in [0.3, 0.4) is 0 Å². The summed E-state index contributed by atoms with van der Waals surface area (Å²) in [5.41, 5.74) is 1.01. The van der Waals surface area contributed by atoms with Crippen LogP contribution in [0.2, 0.25) is 0 Å². The van der Waals surface area contributed by atoms with Crippen LogP contribution in [-0.4, -0.2) is 19.9 Å². The summed E-state index contributed by atoms with van der Waals surface area (Å²) in [5.74, 6) is 0. The molecule has 18 heavy (non-hydrogen) atoms. The van der Waals surface area contributed by atoms with Crippen molar-refractivity contribution in [3.63, 3.8) is 0 Å². The van der Waals surface area contributed by atoms with Crippen molar-refractivity contribution >= 4 is 37.3 Å². The molecule has 0 spiro atoms. The van der Waals surface area contributed by atoms with Gasteiger partial charge in [0.15, 0.2) is 0 Å². The van der Waals surface area contributed by atoms with Gasteiger partial charge in [0.05, 0.1) is 0 Å². The van der Waals surface area contributed by atoms with E-state index < -0.39 is 10.0 Å². The van der Waals surface area contributed by atoms with Crippen LogP contribution in [0.25, 0.3) is 0 Å². The minimum Gasteiger partial charge on any atom is -0.264 e. The Kier molecular flexibility index (Phi) is 4.50. The van der Waals surface area contributed by atoms with Crippen molar-refractivity contribution < 1.29 is 8.42 Å². The van der Waals surface area contributed by atoms with Crippen LogP contribution in [0.5, 0.6) is 0 Å². The number of hydrogen-bond donors (Lipinski definition) is 1. The summed E-state index contributed by atoms with van der Waals surface area (Å²) in [6.07, 6.45) is 4.04. The molecule has 2 rings (SSSR count). The normalized spacial score (nSPS) is 11.6. The number of aromatic nitrogens is 1. The highest BCUT2D eigenvalue weighted by Gasteiger charge is 2.18. The van der Waals surface area contributed by atoms with E-state index in [1.165, 1.54) is 11.3 Å². The zero-order valence-electron chi connectivity index (χ0n) is 9.34. The molecule has 0 aliphatic heterocycles. The standard InChI is InChI=1S/C11H11BrN2O2S2/c12-10-4-7-17-11(10)18(15,16)14-6-3-9-2-1-5-13-8-9/h1-2,4-5,7-8,14H,3,6H2. The molecule has 0 aromatic carbocycles. The molecule has 0 saturated heterocycles. The van der Waals surface area contributed by atoms with Crippen LogP contribution in [-0.2, 0) is 16.4 Å². The monoisotopic (exact) mass is 346 g/mol. The molecule has 0 atom stereocenters. The number of rotatable bonds is 5. The van der Waals surface area contributed by atoms with E-state index in [1.54, 1.807) is 23.8 Å². The molecule has 0 aliphatic carbocycles. The topological polar surface area (TPSA) is 59.1 Å². The van der Waals surface area contributed by atoms with Gasteiger partial charge in [-0.2, -0.15) is 0 Å². The third kappa shape index (κ3) is 3.38. The van der Waals surface area contributed by atoms with Crippen molar-refractivity contribution in [1.82, 2.24) is 9.71 Å². The van der Waals surface area contributed by atoms with E-state index in [9.17, 15) is 8.42 Å². The quantitative estimate of drug-likeness (QED) is 0.904. The predicted octanol–water partition coefficient (Wildman–Crippen LogP) is 2.43. The Morgan fingerprint density at radius 1 is 1.39 bits per heavy atom. The summed E-state index contributed by atoms with van der Waals surface area (Å²) < 4.78 is 27.4. The Bertz CT molecular complexity index is 611. The maximum absolute atomic E-state index is 12.0. The van der Waals surface area contributed by atoms with Gasteiger partial charge in [-0.1, -0.05) is 6.07 Å². The molecule has 1 N–H and O–H groups in total. The van der Waals surface area contributed by atoms with E-state index in [2.05, 4.69) is 25.6 Å². The minimum absolute atomic E-state index is 0.314. The second kappa shape index (κ2) is 5.92. The zero-order chi connectivity index (χ0) is 13.0. The molecule has 0 saturated carbocycles.